The van der Waals surface area contributed by atoms with Gasteiger partial charge in [-0.05, 0) is 30.6 Å². The van der Waals surface area contributed by atoms with E-state index in [1.165, 1.54) is 19.3 Å². The summed E-state index contributed by atoms with van der Waals surface area (Å²) >= 11 is 0. The van der Waals surface area contributed by atoms with E-state index in [4.69, 9.17) is 0 Å². The second-order valence-corrected chi connectivity index (χ2v) is 4.46. The molecule has 1 nitrogen and oxygen atoms in total. The molecule has 0 spiro atoms. The molecule has 4 aliphatic carbocycles. The number of Topliss-reactive ketones (excluding diaryl/α,β-unsaturated/α-hetero) is 1. The second kappa shape index (κ2) is 1.19. The zero-order valence-electron chi connectivity index (χ0n) is 6.26. The largest absolute Gasteiger partial charge is 0.299 e. The number of ketones is 1. The predicted molar refractivity (Wildman–Crippen MR) is 37.4 cm³/mol. The van der Waals surface area contributed by atoms with Crippen LogP contribution < -0.4 is 0 Å². The molecule has 0 saturated heterocycles. The molecule has 4 aliphatic rings. The molecule has 4 atom stereocenters. The van der Waals surface area contributed by atoms with Crippen LogP contribution in [-0.2, 0) is 4.79 Å². The molecule has 1 heteroatoms. The van der Waals surface area contributed by atoms with E-state index in [9.17, 15) is 4.79 Å². The summed E-state index contributed by atoms with van der Waals surface area (Å²) < 4.78 is 0. The average molecular weight is 136 g/mol. The van der Waals surface area contributed by atoms with Gasteiger partial charge in [0.05, 0.1) is 0 Å². The lowest BCUT2D eigenvalue weighted by molar-refractivity contribution is -0.124. The first kappa shape index (κ1) is 5.34. The Morgan fingerprint density at radius 3 is 2.70 bits per heavy atom. The molecule has 10 heavy (non-hydrogen) atoms. The third kappa shape index (κ3) is 0.301. The molecular weight excluding hydrogens is 124 g/mol. The quantitative estimate of drug-likeness (QED) is 0.494. The Balaban J connectivity index is 2.15. The van der Waals surface area contributed by atoms with Crippen molar-refractivity contribution in [1.82, 2.24) is 0 Å². The highest BCUT2D eigenvalue weighted by atomic mass is 16.1. The van der Waals surface area contributed by atoms with Crippen LogP contribution in [0.25, 0.3) is 0 Å². The Labute approximate surface area is 60.8 Å². The molecule has 4 rings (SSSR count). The van der Waals surface area contributed by atoms with Crippen molar-refractivity contribution < 1.29 is 4.79 Å². The van der Waals surface area contributed by atoms with Crippen LogP contribution >= 0.6 is 0 Å². The van der Waals surface area contributed by atoms with Crippen molar-refractivity contribution in [3.63, 3.8) is 0 Å². The van der Waals surface area contributed by atoms with E-state index in [0.717, 1.165) is 5.92 Å². The molecule has 0 aromatic rings. The van der Waals surface area contributed by atoms with E-state index >= 15 is 0 Å². The van der Waals surface area contributed by atoms with Gasteiger partial charge in [-0.1, -0.05) is 6.92 Å². The second-order valence-electron chi connectivity index (χ2n) is 4.46. The molecule has 0 aromatic heterocycles. The first-order valence-corrected chi connectivity index (χ1v) is 4.27. The predicted octanol–water partition coefficient (Wildman–Crippen LogP) is 1.62. The van der Waals surface area contributed by atoms with Crippen LogP contribution in [-0.4, -0.2) is 5.78 Å². The van der Waals surface area contributed by atoms with E-state index in [2.05, 4.69) is 6.92 Å². The van der Waals surface area contributed by atoms with Gasteiger partial charge in [0.1, 0.15) is 5.78 Å². The highest BCUT2D eigenvalue weighted by Crippen LogP contribution is 2.71. The Morgan fingerprint density at radius 1 is 1.50 bits per heavy atom. The van der Waals surface area contributed by atoms with Gasteiger partial charge in [-0.25, -0.2) is 0 Å². The molecule has 54 valence electrons. The van der Waals surface area contributed by atoms with Crippen LogP contribution in [0.5, 0.6) is 0 Å². The first-order chi connectivity index (χ1) is 4.73. The minimum atomic E-state index is 0.488. The molecular formula is C9H12O. The number of hydrogen-bond acceptors (Lipinski definition) is 1. The van der Waals surface area contributed by atoms with E-state index in [0.29, 0.717) is 23.0 Å². The smallest absolute Gasteiger partial charge is 0.139 e. The van der Waals surface area contributed by atoms with Gasteiger partial charge in [0, 0.05) is 11.8 Å². The summed E-state index contributed by atoms with van der Waals surface area (Å²) in [4.78, 5) is 11.4. The normalized spacial score (nSPS) is 62.9. The molecule has 4 bridgehead atoms. The number of hydrogen-bond donors (Lipinski definition) is 0. The Morgan fingerprint density at radius 2 is 2.30 bits per heavy atom. The lowest BCUT2D eigenvalue weighted by atomic mass is 9.62. The third-order valence-electron chi connectivity index (χ3n) is 4.26. The number of rotatable bonds is 0. The molecule has 0 aliphatic heterocycles. The van der Waals surface area contributed by atoms with Crippen LogP contribution in [0.15, 0.2) is 0 Å². The van der Waals surface area contributed by atoms with Crippen LogP contribution in [0, 0.1) is 23.2 Å². The van der Waals surface area contributed by atoms with Crippen molar-refractivity contribution >= 4 is 5.78 Å². The maximum Gasteiger partial charge on any atom is 0.139 e. The lowest BCUT2D eigenvalue weighted by Gasteiger charge is -2.41. The van der Waals surface area contributed by atoms with Crippen molar-refractivity contribution in [2.45, 2.75) is 26.2 Å². The summed E-state index contributed by atoms with van der Waals surface area (Å²) in [6.45, 7) is 2.32. The first-order valence-electron chi connectivity index (χ1n) is 4.27. The van der Waals surface area contributed by atoms with Crippen molar-refractivity contribution in [1.29, 1.82) is 0 Å². The van der Waals surface area contributed by atoms with Crippen molar-refractivity contribution in [3.05, 3.63) is 0 Å². The van der Waals surface area contributed by atoms with E-state index < -0.39 is 0 Å². The Kier molecular flexibility index (Phi) is 0.637. The molecule has 0 radical (unpaired) electrons. The summed E-state index contributed by atoms with van der Waals surface area (Å²) in [6, 6.07) is 0. The van der Waals surface area contributed by atoms with Gasteiger partial charge in [0.25, 0.3) is 0 Å². The van der Waals surface area contributed by atoms with E-state index in [1.54, 1.807) is 0 Å². The topological polar surface area (TPSA) is 17.1 Å². The number of carbonyl (C=O) groups excluding carboxylic acids is 1. The number of carbonyl (C=O) groups is 1. The highest BCUT2D eigenvalue weighted by molar-refractivity contribution is 5.91. The van der Waals surface area contributed by atoms with E-state index in [-0.39, 0.29) is 0 Å². The summed E-state index contributed by atoms with van der Waals surface area (Å²) in [5.74, 6) is 2.43. The minimum Gasteiger partial charge on any atom is -0.299 e. The molecule has 0 N–H and O–H groups in total. The molecule has 0 aromatic carbocycles. The van der Waals surface area contributed by atoms with Crippen LogP contribution in [0.4, 0.5) is 0 Å². The Hall–Kier alpha value is -0.330. The van der Waals surface area contributed by atoms with Gasteiger partial charge in [-0.15, -0.1) is 0 Å². The van der Waals surface area contributed by atoms with Crippen molar-refractivity contribution in [2.75, 3.05) is 0 Å². The standard InChI is InChI=1S/C9H12O/c1-9-4-5-6(9)2-3-7(9)8(5)10/h5-7H,2-4H2,1H3/t5-,6-,7+,9?/m1/s1. The van der Waals surface area contributed by atoms with Crippen molar-refractivity contribution in [2.24, 2.45) is 23.2 Å². The fourth-order valence-electron chi connectivity index (χ4n) is 3.70. The summed E-state index contributed by atoms with van der Waals surface area (Å²) in [5.41, 5.74) is 0.488. The van der Waals surface area contributed by atoms with Gasteiger partial charge < -0.3 is 0 Å². The maximum absolute atomic E-state index is 11.4. The molecule has 0 heterocycles. The highest BCUT2D eigenvalue weighted by Gasteiger charge is 2.69. The molecule has 4 saturated carbocycles. The molecule has 4 fully saturated rings. The minimum absolute atomic E-state index is 0.488. The fraction of sp³-hybridized carbons (Fsp3) is 0.889. The van der Waals surface area contributed by atoms with E-state index in [1.807, 2.05) is 0 Å². The van der Waals surface area contributed by atoms with Crippen LogP contribution in [0.3, 0.4) is 0 Å². The lowest BCUT2D eigenvalue weighted by Crippen LogP contribution is -2.36. The zero-order valence-corrected chi connectivity index (χ0v) is 6.26. The Bertz CT molecular complexity index is 221. The molecule has 1 unspecified atom stereocenters. The SMILES string of the molecule is CC12C[C@H]3C(=O)[C@@H]1CC[C@H]32. The maximum atomic E-state index is 11.4. The van der Waals surface area contributed by atoms with Gasteiger partial charge in [-0.2, -0.15) is 0 Å². The fourth-order valence-corrected chi connectivity index (χ4v) is 3.70. The van der Waals surface area contributed by atoms with Crippen LogP contribution in [0.2, 0.25) is 0 Å². The van der Waals surface area contributed by atoms with Crippen LogP contribution in [0.1, 0.15) is 26.2 Å². The average Bonchev–Trinajstić information content (AvgIpc) is 2.28. The van der Waals surface area contributed by atoms with Gasteiger partial charge in [0.2, 0.25) is 0 Å². The summed E-state index contributed by atoms with van der Waals surface area (Å²) in [7, 11) is 0. The van der Waals surface area contributed by atoms with Crippen molar-refractivity contribution in [3.8, 4) is 0 Å². The van der Waals surface area contributed by atoms with Gasteiger partial charge >= 0.3 is 0 Å². The van der Waals surface area contributed by atoms with Gasteiger partial charge in [-0.3, -0.25) is 4.79 Å². The molecule has 0 amide bonds. The summed E-state index contributed by atoms with van der Waals surface area (Å²) in [5, 5.41) is 0. The zero-order chi connectivity index (χ0) is 6.93. The summed E-state index contributed by atoms with van der Waals surface area (Å²) in [6.07, 6.45) is 3.77. The monoisotopic (exact) mass is 136 g/mol. The third-order valence-corrected chi connectivity index (χ3v) is 4.26. The van der Waals surface area contributed by atoms with Gasteiger partial charge in [0.15, 0.2) is 0 Å².